The van der Waals surface area contributed by atoms with Crippen molar-refractivity contribution in [3.05, 3.63) is 75.9 Å². The van der Waals surface area contributed by atoms with Crippen LogP contribution >= 0.6 is 11.3 Å². The van der Waals surface area contributed by atoms with Gasteiger partial charge >= 0.3 is 0 Å². The van der Waals surface area contributed by atoms with E-state index in [9.17, 15) is 9.59 Å². The molecule has 1 atom stereocenters. The summed E-state index contributed by atoms with van der Waals surface area (Å²) in [6, 6.07) is 12.5. The van der Waals surface area contributed by atoms with Crippen LogP contribution in [0, 0.1) is 13.8 Å². The van der Waals surface area contributed by atoms with Crippen LogP contribution in [0.4, 0.5) is 5.69 Å². The van der Waals surface area contributed by atoms with Crippen LogP contribution in [0.25, 0.3) is 0 Å². The third kappa shape index (κ3) is 4.19. The van der Waals surface area contributed by atoms with Crippen LogP contribution in [0.15, 0.2) is 58.5 Å². The van der Waals surface area contributed by atoms with Gasteiger partial charge in [0.1, 0.15) is 0 Å². The molecule has 5 nitrogen and oxygen atoms in total. The van der Waals surface area contributed by atoms with E-state index in [2.05, 4.69) is 5.32 Å². The summed E-state index contributed by atoms with van der Waals surface area (Å²) in [5, 5.41) is 5.13. The molecule has 6 heteroatoms. The minimum Gasteiger partial charge on any atom is -0.459 e. The average molecular weight is 423 g/mol. The lowest BCUT2D eigenvalue weighted by molar-refractivity contribution is -0.123. The zero-order valence-corrected chi connectivity index (χ0v) is 18.1. The van der Waals surface area contributed by atoms with Gasteiger partial charge in [0.15, 0.2) is 11.8 Å². The molecule has 2 aromatic heterocycles. The third-order valence-corrected chi connectivity index (χ3v) is 6.52. The molecule has 0 aliphatic heterocycles. The fraction of sp³-hybridized carbons (Fsp3) is 0.333. The number of furan rings is 1. The number of nitrogens with zero attached hydrogens (tertiary/aromatic N) is 1. The summed E-state index contributed by atoms with van der Waals surface area (Å²) in [6.07, 6.45) is 5.70. The monoisotopic (exact) mass is 422 g/mol. The molecule has 30 heavy (non-hydrogen) atoms. The SMILES string of the molecule is Cc1ccc(C)c(N(C(=O)c2ccco2)[C@H](C(=O)NC2CCCC2)c2cccs2)c1. The number of thiophene rings is 1. The molecule has 4 rings (SSSR count). The van der Waals surface area contributed by atoms with Crippen molar-refractivity contribution in [2.24, 2.45) is 0 Å². The van der Waals surface area contributed by atoms with Gasteiger partial charge in [0.05, 0.1) is 6.26 Å². The maximum atomic E-state index is 13.6. The van der Waals surface area contributed by atoms with E-state index in [1.807, 2.05) is 49.6 Å². The molecule has 2 amide bonds. The molecule has 0 bridgehead atoms. The van der Waals surface area contributed by atoms with Gasteiger partial charge in [-0.3, -0.25) is 14.5 Å². The van der Waals surface area contributed by atoms with E-state index in [1.165, 1.54) is 17.6 Å². The van der Waals surface area contributed by atoms with E-state index < -0.39 is 6.04 Å². The normalized spacial score (nSPS) is 15.1. The number of carbonyl (C=O) groups excluding carboxylic acids is 2. The van der Waals surface area contributed by atoms with Crippen LogP contribution in [0.1, 0.15) is 58.3 Å². The van der Waals surface area contributed by atoms with Crippen molar-refractivity contribution in [2.75, 3.05) is 4.90 Å². The van der Waals surface area contributed by atoms with Gasteiger partial charge in [-0.1, -0.05) is 31.0 Å². The van der Waals surface area contributed by atoms with Crippen molar-refractivity contribution in [3.63, 3.8) is 0 Å². The summed E-state index contributed by atoms with van der Waals surface area (Å²) in [4.78, 5) is 29.6. The molecule has 1 aromatic carbocycles. The smallest absolute Gasteiger partial charge is 0.295 e. The minimum absolute atomic E-state index is 0.148. The molecule has 2 heterocycles. The van der Waals surface area contributed by atoms with Gasteiger partial charge in [-0.15, -0.1) is 11.3 Å². The number of hydrogen-bond donors (Lipinski definition) is 1. The van der Waals surface area contributed by atoms with Gasteiger partial charge in [-0.2, -0.15) is 0 Å². The number of carbonyl (C=O) groups is 2. The first-order valence-corrected chi connectivity index (χ1v) is 11.2. The Labute approximate surface area is 180 Å². The maximum absolute atomic E-state index is 13.6. The van der Waals surface area contributed by atoms with Gasteiger partial charge < -0.3 is 9.73 Å². The van der Waals surface area contributed by atoms with Gasteiger partial charge in [-0.25, -0.2) is 0 Å². The van der Waals surface area contributed by atoms with Crippen molar-refractivity contribution < 1.29 is 14.0 Å². The Hall–Kier alpha value is -2.86. The van der Waals surface area contributed by atoms with Crippen molar-refractivity contribution in [2.45, 2.75) is 51.6 Å². The van der Waals surface area contributed by atoms with Crippen LogP contribution < -0.4 is 10.2 Å². The fourth-order valence-electron chi connectivity index (χ4n) is 4.03. The zero-order chi connectivity index (χ0) is 21.1. The second kappa shape index (κ2) is 8.88. The Morgan fingerprint density at radius 1 is 1.13 bits per heavy atom. The highest BCUT2D eigenvalue weighted by Crippen LogP contribution is 2.35. The Kier molecular flexibility index (Phi) is 6.04. The molecule has 1 aliphatic carbocycles. The first-order chi connectivity index (χ1) is 14.5. The topological polar surface area (TPSA) is 62.6 Å². The highest BCUT2D eigenvalue weighted by Gasteiger charge is 2.37. The first kappa shape index (κ1) is 20.4. The third-order valence-electron chi connectivity index (χ3n) is 5.60. The van der Waals surface area contributed by atoms with Gasteiger partial charge in [0.25, 0.3) is 5.91 Å². The lowest BCUT2D eigenvalue weighted by Gasteiger charge is -2.32. The number of benzene rings is 1. The maximum Gasteiger partial charge on any atom is 0.295 e. The molecule has 0 unspecified atom stereocenters. The van der Waals surface area contributed by atoms with Crippen molar-refractivity contribution >= 4 is 28.8 Å². The van der Waals surface area contributed by atoms with Crippen LogP contribution in [0.5, 0.6) is 0 Å². The summed E-state index contributed by atoms with van der Waals surface area (Å²) >= 11 is 1.48. The summed E-state index contributed by atoms with van der Waals surface area (Å²) in [6.45, 7) is 3.94. The van der Waals surface area contributed by atoms with Crippen LogP contribution in [0.2, 0.25) is 0 Å². The molecule has 0 spiro atoms. The second-order valence-corrected chi connectivity index (χ2v) is 8.83. The minimum atomic E-state index is -0.760. The largest absolute Gasteiger partial charge is 0.459 e. The van der Waals surface area contributed by atoms with E-state index in [4.69, 9.17) is 4.42 Å². The van der Waals surface area contributed by atoms with Crippen LogP contribution in [-0.2, 0) is 4.79 Å². The van der Waals surface area contributed by atoms with E-state index in [0.29, 0.717) is 0 Å². The molecule has 3 aromatic rings. The zero-order valence-electron chi connectivity index (χ0n) is 17.3. The second-order valence-electron chi connectivity index (χ2n) is 7.85. The summed E-state index contributed by atoms with van der Waals surface area (Å²) in [5.41, 5.74) is 2.67. The van der Waals surface area contributed by atoms with Gasteiger partial charge in [-0.05, 0) is 67.5 Å². The predicted molar refractivity (Wildman–Crippen MR) is 119 cm³/mol. The quantitative estimate of drug-likeness (QED) is 0.578. The number of rotatable bonds is 6. The lowest BCUT2D eigenvalue weighted by atomic mass is 10.0. The predicted octanol–water partition coefficient (Wildman–Crippen LogP) is 5.40. The van der Waals surface area contributed by atoms with Crippen molar-refractivity contribution in [1.82, 2.24) is 5.32 Å². The van der Waals surface area contributed by atoms with Crippen LogP contribution in [0.3, 0.4) is 0 Å². The first-order valence-electron chi connectivity index (χ1n) is 10.3. The molecule has 0 radical (unpaired) electrons. The van der Waals surface area contributed by atoms with Gasteiger partial charge in [0, 0.05) is 16.6 Å². The van der Waals surface area contributed by atoms with E-state index in [-0.39, 0.29) is 23.6 Å². The molecule has 0 saturated heterocycles. The van der Waals surface area contributed by atoms with E-state index in [1.54, 1.807) is 17.0 Å². The van der Waals surface area contributed by atoms with Crippen LogP contribution in [-0.4, -0.2) is 17.9 Å². The Bertz CT molecular complexity index is 1010. The Balaban J connectivity index is 1.81. The molecular formula is C24H26N2O3S. The number of hydrogen-bond acceptors (Lipinski definition) is 4. The number of aryl methyl sites for hydroxylation is 2. The molecule has 1 saturated carbocycles. The highest BCUT2D eigenvalue weighted by atomic mass is 32.1. The highest BCUT2D eigenvalue weighted by molar-refractivity contribution is 7.10. The van der Waals surface area contributed by atoms with Crippen molar-refractivity contribution in [1.29, 1.82) is 0 Å². The summed E-state index contributed by atoms with van der Waals surface area (Å²) in [7, 11) is 0. The summed E-state index contributed by atoms with van der Waals surface area (Å²) in [5.74, 6) is -0.259. The summed E-state index contributed by atoms with van der Waals surface area (Å²) < 4.78 is 5.43. The Morgan fingerprint density at radius 3 is 2.60 bits per heavy atom. The molecule has 1 N–H and O–H groups in total. The van der Waals surface area contributed by atoms with E-state index >= 15 is 0 Å². The number of anilines is 1. The molecule has 1 fully saturated rings. The lowest BCUT2D eigenvalue weighted by Crippen LogP contribution is -2.46. The molecular weight excluding hydrogens is 396 g/mol. The van der Waals surface area contributed by atoms with Crippen molar-refractivity contribution in [3.8, 4) is 0 Å². The fourth-order valence-corrected chi connectivity index (χ4v) is 4.85. The standard InChI is InChI=1S/C24H26N2O3S/c1-16-11-12-17(2)19(15-16)26(24(28)20-9-5-13-29-20)22(21-10-6-14-30-21)23(27)25-18-7-3-4-8-18/h5-6,9-15,18,22H,3-4,7-8H2,1-2H3,(H,25,27)/t22-/m0/s1. The number of nitrogens with one attached hydrogen (secondary N) is 1. The molecule has 1 aliphatic rings. The molecule has 156 valence electrons. The van der Waals surface area contributed by atoms with Gasteiger partial charge in [0.2, 0.25) is 5.91 Å². The average Bonchev–Trinajstić information content (AvgIpc) is 3.50. The number of amides is 2. The van der Waals surface area contributed by atoms with E-state index in [0.717, 1.165) is 47.4 Å². The Morgan fingerprint density at radius 2 is 1.93 bits per heavy atom.